The molecule has 1 aromatic carbocycles. The van der Waals surface area contributed by atoms with Crippen LogP contribution in [-0.4, -0.2) is 47.1 Å². The third-order valence-corrected chi connectivity index (χ3v) is 5.63. The zero-order valence-electron chi connectivity index (χ0n) is 16.8. The SMILES string of the molecule is CCOC(=O)[C@H]1CCC[NH+](Cn2nc(-c3ccc(OC)cc3)n(CC)c2=S)C1. The van der Waals surface area contributed by atoms with Gasteiger partial charge in [0.2, 0.25) is 4.77 Å². The first-order valence-electron chi connectivity index (χ1n) is 9.89. The molecule has 1 unspecified atom stereocenters. The summed E-state index contributed by atoms with van der Waals surface area (Å²) in [6.45, 7) is 7.53. The fraction of sp³-hybridized carbons (Fsp3) is 0.550. The van der Waals surface area contributed by atoms with Crippen LogP contribution < -0.4 is 9.64 Å². The lowest BCUT2D eigenvalue weighted by Crippen LogP contribution is -3.13. The zero-order chi connectivity index (χ0) is 20.1. The van der Waals surface area contributed by atoms with E-state index in [1.165, 1.54) is 4.90 Å². The number of carbonyl (C=O) groups excluding carboxylic acids is 1. The molecule has 0 saturated carbocycles. The molecule has 8 heteroatoms. The molecule has 0 bridgehead atoms. The first kappa shape index (κ1) is 20.5. The van der Waals surface area contributed by atoms with E-state index in [2.05, 4.69) is 6.92 Å². The van der Waals surface area contributed by atoms with Gasteiger partial charge < -0.3 is 18.9 Å². The summed E-state index contributed by atoms with van der Waals surface area (Å²) in [5.41, 5.74) is 1.01. The van der Waals surface area contributed by atoms with Gasteiger partial charge >= 0.3 is 5.97 Å². The first-order valence-corrected chi connectivity index (χ1v) is 10.3. The molecular formula is C20H29N4O3S+. The second-order valence-corrected chi connectivity index (χ2v) is 7.40. The first-order chi connectivity index (χ1) is 13.6. The molecule has 3 rings (SSSR count). The van der Waals surface area contributed by atoms with Crippen LogP contribution in [0.4, 0.5) is 0 Å². The molecule has 2 atom stereocenters. The summed E-state index contributed by atoms with van der Waals surface area (Å²) in [4.78, 5) is 13.4. The average Bonchev–Trinajstić information content (AvgIpc) is 3.03. The summed E-state index contributed by atoms with van der Waals surface area (Å²) in [5.74, 6) is 1.55. The molecule has 2 aromatic rings. The number of carbonyl (C=O) groups is 1. The van der Waals surface area contributed by atoms with E-state index >= 15 is 0 Å². The molecule has 2 heterocycles. The maximum absolute atomic E-state index is 12.1. The van der Waals surface area contributed by atoms with Gasteiger partial charge in [0.15, 0.2) is 12.5 Å². The topological polar surface area (TPSA) is 62.7 Å². The van der Waals surface area contributed by atoms with Crippen LogP contribution in [0.5, 0.6) is 5.75 Å². The molecular weight excluding hydrogens is 376 g/mol. The normalized spacial score (nSPS) is 19.4. The Bertz CT molecular complexity index is 859. The summed E-state index contributed by atoms with van der Waals surface area (Å²) in [5, 5.41) is 4.80. The number of esters is 1. The molecule has 152 valence electrons. The highest BCUT2D eigenvalue weighted by Crippen LogP contribution is 2.21. The number of rotatable bonds is 7. The van der Waals surface area contributed by atoms with E-state index in [0.29, 0.717) is 18.0 Å². The molecule has 7 nitrogen and oxygen atoms in total. The largest absolute Gasteiger partial charge is 0.497 e. The van der Waals surface area contributed by atoms with E-state index in [9.17, 15) is 4.79 Å². The molecule has 1 N–H and O–H groups in total. The molecule has 0 aliphatic carbocycles. The van der Waals surface area contributed by atoms with E-state index in [1.807, 2.05) is 40.4 Å². The maximum atomic E-state index is 12.1. The average molecular weight is 406 g/mol. The zero-order valence-corrected chi connectivity index (χ0v) is 17.6. The third-order valence-electron chi connectivity index (χ3n) is 5.20. The van der Waals surface area contributed by atoms with Gasteiger partial charge in [-0.05, 0) is 63.2 Å². The molecule has 0 spiro atoms. The molecule has 0 radical (unpaired) electrons. The van der Waals surface area contributed by atoms with Crippen molar-refractivity contribution in [2.24, 2.45) is 5.92 Å². The summed E-state index contributed by atoms with van der Waals surface area (Å²) in [6, 6.07) is 7.85. The number of hydrogen-bond donors (Lipinski definition) is 1. The van der Waals surface area contributed by atoms with Gasteiger partial charge in [0.25, 0.3) is 0 Å². The monoisotopic (exact) mass is 405 g/mol. The lowest BCUT2D eigenvalue weighted by molar-refractivity contribution is -0.930. The van der Waals surface area contributed by atoms with Gasteiger partial charge in [0.05, 0.1) is 26.8 Å². The minimum atomic E-state index is -0.0821. The Morgan fingerprint density at radius 3 is 2.71 bits per heavy atom. The number of likely N-dealkylation sites (tertiary alicyclic amines) is 1. The molecule has 0 amide bonds. The molecule has 1 fully saturated rings. The Kier molecular flexibility index (Phi) is 6.85. The number of ether oxygens (including phenoxy) is 2. The number of nitrogens with zero attached hydrogens (tertiary/aromatic N) is 3. The van der Waals surface area contributed by atoms with Crippen molar-refractivity contribution >= 4 is 18.2 Å². The number of nitrogens with one attached hydrogen (secondary N) is 1. The number of hydrogen-bond acceptors (Lipinski definition) is 5. The Morgan fingerprint density at radius 1 is 1.32 bits per heavy atom. The van der Waals surface area contributed by atoms with Gasteiger partial charge in [-0.2, -0.15) is 4.68 Å². The minimum Gasteiger partial charge on any atom is -0.497 e. The Hall–Kier alpha value is -2.19. The molecule has 1 aromatic heterocycles. The van der Waals surface area contributed by atoms with Crippen molar-refractivity contribution in [1.82, 2.24) is 14.3 Å². The maximum Gasteiger partial charge on any atom is 0.314 e. The van der Waals surface area contributed by atoms with E-state index in [0.717, 1.165) is 49.6 Å². The van der Waals surface area contributed by atoms with Crippen molar-refractivity contribution in [3.05, 3.63) is 29.0 Å². The lowest BCUT2D eigenvalue weighted by atomic mass is 9.99. The van der Waals surface area contributed by atoms with Crippen molar-refractivity contribution in [1.29, 1.82) is 0 Å². The second-order valence-electron chi connectivity index (χ2n) is 7.03. The van der Waals surface area contributed by atoms with Gasteiger partial charge in [-0.25, -0.2) is 0 Å². The van der Waals surface area contributed by atoms with Crippen LogP contribution in [0.1, 0.15) is 26.7 Å². The Morgan fingerprint density at radius 2 is 2.07 bits per heavy atom. The highest BCUT2D eigenvalue weighted by Gasteiger charge is 2.30. The minimum absolute atomic E-state index is 0.0350. The van der Waals surface area contributed by atoms with Crippen LogP contribution in [0, 0.1) is 10.7 Å². The number of piperidine rings is 1. The summed E-state index contributed by atoms with van der Waals surface area (Å²) < 4.78 is 15.1. The van der Waals surface area contributed by atoms with Gasteiger partial charge in [-0.1, -0.05) is 0 Å². The van der Waals surface area contributed by atoms with Gasteiger partial charge in [-0.15, -0.1) is 5.10 Å². The van der Waals surface area contributed by atoms with Crippen LogP contribution in [-0.2, 0) is 22.7 Å². The van der Waals surface area contributed by atoms with Crippen LogP contribution in [0.3, 0.4) is 0 Å². The molecule has 1 saturated heterocycles. The summed E-state index contributed by atoms with van der Waals surface area (Å²) in [6.07, 6.45) is 1.90. The van der Waals surface area contributed by atoms with Gasteiger partial charge in [0.1, 0.15) is 11.7 Å². The van der Waals surface area contributed by atoms with Gasteiger partial charge in [-0.3, -0.25) is 4.79 Å². The second kappa shape index (κ2) is 9.34. The van der Waals surface area contributed by atoms with Crippen LogP contribution in [0.25, 0.3) is 11.4 Å². The van der Waals surface area contributed by atoms with Crippen LogP contribution in [0.2, 0.25) is 0 Å². The molecule has 1 aliphatic heterocycles. The lowest BCUT2D eigenvalue weighted by Gasteiger charge is -2.28. The van der Waals surface area contributed by atoms with Gasteiger partial charge in [0, 0.05) is 12.1 Å². The third kappa shape index (κ3) is 4.44. The van der Waals surface area contributed by atoms with E-state index in [-0.39, 0.29) is 11.9 Å². The fourth-order valence-electron chi connectivity index (χ4n) is 3.75. The number of methoxy groups -OCH3 is 1. The van der Waals surface area contributed by atoms with Crippen LogP contribution in [0.15, 0.2) is 24.3 Å². The highest BCUT2D eigenvalue weighted by molar-refractivity contribution is 7.71. The number of aromatic nitrogens is 3. The number of benzene rings is 1. The summed E-state index contributed by atoms with van der Waals surface area (Å²) >= 11 is 5.69. The van der Waals surface area contributed by atoms with Crippen molar-refractivity contribution < 1.29 is 19.2 Å². The van der Waals surface area contributed by atoms with Crippen molar-refractivity contribution in [3.8, 4) is 17.1 Å². The predicted molar refractivity (Wildman–Crippen MR) is 109 cm³/mol. The smallest absolute Gasteiger partial charge is 0.314 e. The Labute approximate surface area is 170 Å². The number of quaternary nitrogens is 1. The quantitative estimate of drug-likeness (QED) is 0.563. The standard InChI is InChI=1S/C20H28N4O3S/c1-4-23-18(15-8-10-17(26-3)11-9-15)21-24(20(23)28)14-22-12-6-7-16(13-22)19(25)27-5-2/h8-11,16H,4-7,12-14H2,1-3H3/p+1/t16-/m0/s1. The van der Waals surface area contributed by atoms with E-state index < -0.39 is 0 Å². The van der Waals surface area contributed by atoms with E-state index in [1.54, 1.807) is 7.11 Å². The van der Waals surface area contributed by atoms with E-state index in [4.69, 9.17) is 26.8 Å². The highest BCUT2D eigenvalue weighted by atomic mass is 32.1. The van der Waals surface area contributed by atoms with Crippen molar-refractivity contribution in [2.75, 3.05) is 26.8 Å². The van der Waals surface area contributed by atoms with Crippen LogP contribution >= 0.6 is 12.2 Å². The summed E-state index contributed by atoms with van der Waals surface area (Å²) in [7, 11) is 1.66. The molecule has 1 aliphatic rings. The predicted octanol–water partition coefficient (Wildman–Crippen LogP) is 1.93. The van der Waals surface area contributed by atoms with Crippen molar-refractivity contribution in [2.45, 2.75) is 39.9 Å². The Balaban J connectivity index is 1.80. The fourth-order valence-corrected chi connectivity index (χ4v) is 4.07. The molecule has 28 heavy (non-hydrogen) atoms. The van der Waals surface area contributed by atoms with Crippen molar-refractivity contribution in [3.63, 3.8) is 0 Å².